The third kappa shape index (κ3) is 42.0. The van der Waals surface area contributed by atoms with Crippen molar-refractivity contribution in [3.05, 3.63) is 48.6 Å². The van der Waals surface area contributed by atoms with E-state index in [-0.39, 0.29) is 19.6 Å². The number of phosphoric acid groups is 1. The predicted octanol–water partition coefficient (Wildman–Crippen LogP) is 12.6. The van der Waals surface area contributed by atoms with Crippen LogP contribution in [0.1, 0.15) is 194 Å². The summed E-state index contributed by atoms with van der Waals surface area (Å²) in [4.78, 5) is 22.6. The number of aliphatic hydroxyl groups excluding tert-OH is 2. The Hall–Kier alpha value is -1.58. The van der Waals surface area contributed by atoms with Crippen LogP contribution in [0.4, 0.5) is 0 Å². The highest BCUT2D eigenvalue weighted by molar-refractivity contribution is 7.47. The van der Waals surface area contributed by atoms with Crippen LogP contribution in [0.15, 0.2) is 48.6 Å². The smallest absolute Gasteiger partial charge is 0.457 e. The van der Waals surface area contributed by atoms with Crippen molar-refractivity contribution in [3.63, 3.8) is 0 Å². The average Bonchev–Trinajstić information content (AvgIpc) is 3.19. The first-order chi connectivity index (χ1) is 27.3. The third-order valence-corrected chi connectivity index (χ3v) is 10.4. The van der Waals surface area contributed by atoms with E-state index >= 15 is 0 Å². The Morgan fingerprint density at radius 2 is 0.964 bits per heavy atom. The zero-order chi connectivity index (χ0) is 41.1. The first-order valence-electron chi connectivity index (χ1n) is 22.6. The third-order valence-electron chi connectivity index (χ3n) is 9.49. The van der Waals surface area contributed by atoms with Crippen molar-refractivity contribution in [3.8, 4) is 0 Å². The van der Waals surface area contributed by atoms with E-state index in [1.165, 1.54) is 96.3 Å². The van der Waals surface area contributed by atoms with Gasteiger partial charge in [0.25, 0.3) is 0 Å². The maximum absolute atomic E-state index is 12.6. The maximum Gasteiger partial charge on any atom is 0.472 e. The van der Waals surface area contributed by atoms with E-state index in [2.05, 4.69) is 62.5 Å². The van der Waals surface area contributed by atoms with Gasteiger partial charge in [0.2, 0.25) is 0 Å². The first kappa shape index (κ1) is 54.4. The van der Waals surface area contributed by atoms with E-state index < -0.39 is 39.2 Å². The normalized spacial score (nSPS) is 14.4. The van der Waals surface area contributed by atoms with Crippen LogP contribution in [0.25, 0.3) is 0 Å². The Kier molecular flexibility index (Phi) is 41.8. The molecule has 0 spiro atoms. The monoisotopic (exact) mass is 813 g/mol. The molecule has 0 aromatic rings. The van der Waals surface area contributed by atoms with Crippen molar-refractivity contribution in [2.75, 3.05) is 33.0 Å². The molecule has 0 bridgehead atoms. The number of esters is 1. The summed E-state index contributed by atoms with van der Waals surface area (Å²) in [5.74, 6) is -0.395. The van der Waals surface area contributed by atoms with Crippen LogP contribution >= 0.6 is 7.82 Å². The molecule has 328 valence electrons. The fraction of sp³-hybridized carbons (Fsp3) is 0.804. The molecule has 0 amide bonds. The van der Waals surface area contributed by atoms with E-state index in [1.807, 2.05) is 0 Å². The molecule has 0 aliphatic heterocycles. The van der Waals surface area contributed by atoms with Gasteiger partial charge in [0, 0.05) is 13.0 Å². The van der Waals surface area contributed by atoms with E-state index in [1.54, 1.807) is 0 Å². The van der Waals surface area contributed by atoms with Crippen LogP contribution in [-0.2, 0) is 27.9 Å². The summed E-state index contributed by atoms with van der Waals surface area (Å²) in [7, 11) is -4.52. The number of allylic oxidation sites excluding steroid dienone is 8. The highest BCUT2D eigenvalue weighted by Crippen LogP contribution is 2.43. The Bertz CT molecular complexity index is 1010. The van der Waals surface area contributed by atoms with E-state index in [9.17, 15) is 19.4 Å². The number of hydrogen-bond donors (Lipinski definition) is 3. The minimum Gasteiger partial charge on any atom is -0.457 e. The number of ether oxygens (including phenoxy) is 2. The second-order valence-corrected chi connectivity index (χ2v) is 16.5. The van der Waals surface area contributed by atoms with Gasteiger partial charge >= 0.3 is 13.8 Å². The molecule has 0 aromatic carbocycles. The highest BCUT2D eigenvalue weighted by atomic mass is 31.2. The number of aliphatic hydroxyl groups is 2. The summed E-state index contributed by atoms with van der Waals surface area (Å²) in [6.07, 6.45) is 47.8. The van der Waals surface area contributed by atoms with Crippen LogP contribution in [0.5, 0.6) is 0 Å². The van der Waals surface area contributed by atoms with Gasteiger partial charge in [-0.05, 0) is 77.0 Å². The van der Waals surface area contributed by atoms with Gasteiger partial charge in [0.05, 0.1) is 26.4 Å². The Balaban J connectivity index is 4.18. The molecule has 10 heteroatoms. The van der Waals surface area contributed by atoms with Crippen LogP contribution in [0.2, 0.25) is 0 Å². The quantitative estimate of drug-likeness (QED) is 0.0238. The lowest BCUT2D eigenvalue weighted by atomic mass is 10.1. The summed E-state index contributed by atoms with van der Waals surface area (Å²) >= 11 is 0. The molecule has 56 heavy (non-hydrogen) atoms. The van der Waals surface area contributed by atoms with Crippen molar-refractivity contribution in [1.82, 2.24) is 0 Å². The molecule has 0 aromatic heterocycles. The van der Waals surface area contributed by atoms with Crippen molar-refractivity contribution in [2.45, 2.75) is 206 Å². The van der Waals surface area contributed by atoms with Gasteiger partial charge in [0.15, 0.2) is 0 Å². The van der Waals surface area contributed by atoms with Crippen molar-refractivity contribution in [1.29, 1.82) is 0 Å². The molecular weight excluding hydrogens is 727 g/mol. The average molecular weight is 813 g/mol. The molecule has 0 aliphatic carbocycles. The SMILES string of the molecule is CCCCC/C=C\C/C=C\C/C=C\CCCCCCCCCOCC(COP(=O)(O)OCC(O)CO)OC(=O)CCCCCCC/C=C\CCCCCCCC. The van der Waals surface area contributed by atoms with Gasteiger partial charge in [-0.1, -0.05) is 159 Å². The molecule has 0 heterocycles. The molecule has 3 atom stereocenters. The molecule has 3 unspecified atom stereocenters. The topological polar surface area (TPSA) is 132 Å². The summed E-state index contributed by atoms with van der Waals surface area (Å²) in [5.41, 5.74) is 0. The standard InChI is InChI=1S/C46H85O9P/c1-3-5-7-9-11-13-15-17-19-20-21-22-23-25-27-29-31-33-35-37-39-52-42-45(43-54-56(50,51)53-41-44(48)40-47)55-46(49)38-36-34-32-30-28-26-24-18-16-14-12-10-8-6-4-2/h11,13,17-19,21-22,24,44-45,47-48H,3-10,12,14-16,20,23,25-43H2,1-2H3,(H,50,51)/b13-11-,19-17-,22-21-,24-18-. The molecule has 0 fully saturated rings. The summed E-state index contributed by atoms with van der Waals surface area (Å²) in [5, 5.41) is 18.4. The number of rotatable bonds is 43. The zero-order valence-corrected chi connectivity index (χ0v) is 36.7. The number of unbranched alkanes of at least 4 members (excludes halogenated alkanes) is 21. The number of hydrogen-bond acceptors (Lipinski definition) is 8. The second-order valence-electron chi connectivity index (χ2n) is 15.1. The molecule has 0 saturated heterocycles. The summed E-state index contributed by atoms with van der Waals surface area (Å²) < 4.78 is 33.4. The van der Waals surface area contributed by atoms with Crippen LogP contribution in [0, 0.1) is 0 Å². The van der Waals surface area contributed by atoms with Gasteiger partial charge in [-0.15, -0.1) is 0 Å². The summed E-state index contributed by atoms with van der Waals surface area (Å²) in [6, 6.07) is 0. The van der Waals surface area contributed by atoms with Crippen LogP contribution in [0.3, 0.4) is 0 Å². The van der Waals surface area contributed by atoms with E-state index in [0.29, 0.717) is 13.0 Å². The van der Waals surface area contributed by atoms with Crippen LogP contribution in [-0.4, -0.2) is 66.3 Å². The van der Waals surface area contributed by atoms with E-state index in [0.717, 1.165) is 70.6 Å². The van der Waals surface area contributed by atoms with E-state index in [4.69, 9.17) is 23.6 Å². The summed E-state index contributed by atoms with van der Waals surface area (Å²) in [6.45, 7) is 3.46. The first-order valence-corrected chi connectivity index (χ1v) is 24.1. The number of carbonyl (C=O) groups excluding carboxylic acids is 1. The van der Waals surface area contributed by atoms with Gasteiger partial charge in [0.1, 0.15) is 12.2 Å². The lowest BCUT2D eigenvalue weighted by molar-refractivity contribution is -0.154. The van der Waals surface area contributed by atoms with Crippen molar-refractivity contribution < 1.29 is 43.0 Å². The minimum atomic E-state index is -4.52. The Morgan fingerprint density at radius 3 is 1.50 bits per heavy atom. The Morgan fingerprint density at radius 1 is 0.554 bits per heavy atom. The maximum atomic E-state index is 12.6. The Labute approximate surface area is 343 Å². The highest BCUT2D eigenvalue weighted by Gasteiger charge is 2.26. The van der Waals surface area contributed by atoms with Crippen molar-refractivity contribution in [2.24, 2.45) is 0 Å². The molecular formula is C46H85O9P. The minimum absolute atomic E-state index is 0.0386. The van der Waals surface area contributed by atoms with Crippen molar-refractivity contribution >= 4 is 13.8 Å². The molecule has 3 N–H and O–H groups in total. The number of carbonyl (C=O) groups is 1. The molecule has 0 aliphatic rings. The molecule has 0 rings (SSSR count). The zero-order valence-electron chi connectivity index (χ0n) is 35.8. The van der Waals surface area contributed by atoms with Gasteiger partial charge < -0.3 is 24.6 Å². The fourth-order valence-corrected chi connectivity index (χ4v) is 6.79. The van der Waals surface area contributed by atoms with Gasteiger partial charge in [-0.25, -0.2) is 4.57 Å². The molecule has 0 radical (unpaired) electrons. The lowest BCUT2D eigenvalue weighted by Gasteiger charge is -2.20. The molecule has 9 nitrogen and oxygen atoms in total. The largest absolute Gasteiger partial charge is 0.472 e. The second kappa shape index (κ2) is 43.0. The fourth-order valence-electron chi connectivity index (χ4n) is 6.00. The van der Waals surface area contributed by atoms with Crippen LogP contribution < -0.4 is 0 Å². The lowest BCUT2D eigenvalue weighted by Crippen LogP contribution is -2.29. The van der Waals surface area contributed by atoms with Gasteiger partial charge in [-0.2, -0.15) is 0 Å². The van der Waals surface area contributed by atoms with Gasteiger partial charge in [-0.3, -0.25) is 13.8 Å². The predicted molar refractivity (Wildman–Crippen MR) is 233 cm³/mol. The number of phosphoric ester groups is 1. The molecule has 0 saturated carbocycles.